The molecule has 1 aliphatic carbocycles. The van der Waals surface area contributed by atoms with E-state index in [0.29, 0.717) is 11.8 Å². The van der Waals surface area contributed by atoms with Gasteiger partial charge in [0.2, 0.25) is 0 Å². The maximum atomic E-state index is 10.5. The molecule has 3 nitrogen and oxygen atoms in total. The number of ether oxygens (including phenoxy) is 1. The Balaban J connectivity index is 2.04. The first-order valence-electron chi connectivity index (χ1n) is 8.39. The third-order valence-corrected chi connectivity index (χ3v) is 6.58. The third kappa shape index (κ3) is 2.10. The predicted octanol–water partition coefficient (Wildman–Crippen LogP) is 3.34. The SMILES string of the molecule is COC(C)CN1CC[C@]2(C)c3c(O)cccc3CC1C2(C)C. The number of methoxy groups -OCH3 is 1. The Kier molecular flexibility index (Phi) is 3.77. The Bertz CT molecular complexity index is 569. The Morgan fingerprint density at radius 1 is 1.36 bits per heavy atom. The topological polar surface area (TPSA) is 32.7 Å². The smallest absolute Gasteiger partial charge is 0.119 e. The number of phenols is 1. The molecule has 1 heterocycles. The lowest BCUT2D eigenvalue weighted by atomic mass is 9.51. The highest BCUT2D eigenvalue weighted by Gasteiger charge is 2.56. The van der Waals surface area contributed by atoms with Gasteiger partial charge in [-0.1, -0.05) is 32.9 Å². The van der Waals surface area contributed by atoms with Crippen LogP contribution in [0.25, 0.3) is 0 Å². The van der Waals surface area contributed by atoms with Crippen LogP contribution in [-0.4, -0.2) is 42.4 Å². The molecule has 0 saturated carbocycles. The Labute approximate surface area is 134 Å². The summed E-state index contributed by atoms with van der Waals surface area (Å²) in [6.45, 7) is 11.3. The van der Waals surface area contributed by atoms with Crippen molar-refractivity contribution < 1.29 is 9.84 Å². The molecule has 22 heavy (non-hydrogen) atoms. The van der Waals surface area contributed by atoms with Crippen molar-refractivity contribution in [2.24, 2.45) is 5.41 Å². The van der Waals surface area contributed by atoms with Crippen LogP contribution in [-0.2, 0) is 16.6 Å². The molecular formula is C19H29NO2. The van der Waals surface area contributed by atoms with Gasteiger partial charge in [0.25, 0.3) is 0 Å². The minimum Gasteiger partial charge on any atom is -0.508 e. The molecule has 1 N–H and O–H groups in total. The Hall–Kier alpha value is -1.06. The van der Waals surface area contributed by atoms with Crippen molar-refractivity contribution in [2.45, 2.75) is 58.1 Å². The summed E-state index contributed by atoms with van der Waals surface area (Å²) in [5, 5.41) is 10.5. The second kappa shape index (κ2) is 5.24. The molecule has 0 spiro atoms. The van der Waals surface area contributed by atoms with Gasteiger partial charge >= 0.3 is 0 Å². The van der Waals surface area contributed by atoms with Crippen molar-refractivity contribution >= 4 is 0 Å². The summed E-state index contributed by atoms with van der Waals surface area (Å²) in [6, 6.07) is 6.52. The molecule has 0 radical (unpaired) electrons. The highest BCUT2D eigenvalue weighted by Crippen LogP contribution is 2.57. The van der Waals surface area contributed by atoms with Crippen LogP contribution < -0.4 is 0 Å². The minimum absolute atomic E-state index is 0.0312. The van der Waals surface area contributed by atoms with Crippen molar-refractivity contribution in [1.82, 2.24) is 4.90 Å². The first kappa shape index (κ1) is 15.8. The molecule has 0 amide bonds. The molecule has 2 bridgehead atoms. The summed E-state index contributed by atoms with van der Waals surface area (Å²) >= 11 is 0. The zero-order valence-corrected chi connectivity index (χ0v) is 14.5. The quantitative estimate of drug-likeness (QED) is 0.929. The lowest BCUT2D eigenvalue weighted by Gasteiger charge is -2.61. The molecule has 3 rings (SSSR count). The molecule has 3 atom stereocenters. The second-order valence-electron chi connectivity index (χ2n) is 7.88. The van der Waals surface area contributed by atoms with Gasteiger partial charge in [-0.2, -0.15) is 0 Å². The molecule has 122 valence electrons. The molecule has 2 aliphatic rings. The first-order chi connectivity index (χ1) is 10.3. The third-order valence-electron chi connectivity index (χ3n) is 6.58. The summed E-state index contributed by atoms with van der Waals surface area (Å²) in [4.78, 5) is 2.60. The summed E-state index contributed by atoms with van der Waals surface area (Å²) in [7, 11) is 1.79. The average molecular weight is 303 g/mol. The minimum atomic E-state index is 0.0312. The molecule has 0 aromatic heterocycles. The van der Waals surface area contributed by atoms with Gasteiger partial charge in [0.1, 0.15) is 5.75 Å². The molecule has 1 aromatic carbocycles. The van der Waals surface area contributed by atoms with Crippen LogP contribution in [0.1, 0.15) is 45.2 Å². The van der Waals surface area contributed by atoms with Gasteiger partial charge in [0.15, 0.2) is 0 Å². The van der Waals surface area contributed by atoms with E-state index >= 15 is 0 Å². The fourth-order valence-electron chi connectivity index (χ4n) is 4.73. The first-order valence-corrected chi connectivity index (χ1v) is 8.39. The number of nitrogens with zero attached hydrogens (tertiary/aromatic N) is 1. The lowest BCUT2D eigenvalue weighted by molar-refractivity contribution is -0.0576. The monoisotopic (exact) mass is 303 g/mol. The highest BCUT2D eigenvalue weighted by atomic mass is 16.5. The van der Waals surface area contributed by atoms with Crippen LogP contribution in [0.5, 0.6) is 5.75 Å². The van der Waals surface area contributed by atoms with E-state index in [9.17, 15) is 5.11 Å². The molecule has 1 aromatic rings. The fraction of sp³-hybridized carbons (Fsp3) is 0.684. The molecule has 1 fully saturated rings. The zero-order chi connectivity index (χ0) is 16.1. The Morgan fingerprint density at radius 2 is 2.09 bits per heavy atom. The van der Waals surface area contributed by atoms with E-state index in [1.165, 1.54) is 11.1 Å². The number of hydrogen-bond donors (Lipinski definition) is 1. The number of benzene rings is 1. The average Bonchev–Trinajstić information content (AvgIpc) is 2.45. The normalized spacial score (nSPS) is 31.6. The number of aromatic hydroxyl groups is 1. The van der Waals surface area contributed by atoms with Crippen molar-refractivity contribution in [3.63, 3.8) is 0 Å². The Morgan fingerprint density at radius 3 is 2.77 bits per heavy atom. The van der Waals surface area contributed by atoms with Crippen LogP contribution in [0.2, 0.25) is 0 Å². The predicted molar refractivity (Wildman–Crippen MR) is 89.4 cm³/mol. The maximum Gasteiger partial charge on any atom is 0.119 e. The molecule has 2 unspecified atom stereocenters. The number of likely N-dealkylation sites (tertiary alicyclic amines) is 1. The number of fused-ring (bicyclic) bond motifs is 4. The van der Waals surface area contributed by atoms with E-state index in [1.54, 1.807) is 7.11 Å². The lowest BCUT2D eigenvalue weighted by Crippen LogP contribution is -2.64. The number of rotatable bonds is 3. The van der Waals surface area contributed by atoms with E-state index in [1.807, 2.05) is 12.1 Å². The van der Waals surface area contributed by atoms with Gasteiger partial charge in [-0.25, -0.2) is 0 Å². The van der Waals surface area contributed by atoms with E-state index < -0.39 is 0 Å². The second-order valence-corrected chi connectivity index (χ2v) is 7.88. The molecular weight excluding hydrogens is 274 g/mol. The summed E-state index contributed by atoms with van der Waals surface area (Å²) in [5.41, 5.74) is 2.67. The van der Waals surface area contributed by atoms with Crippen LogP contribution in [0.15, 0.2) is 18.2 Å². The van der Waals surface area contributed by atoms with Gasteiger partial charge in [0, 0.05) is 30.7 Å². The van der Waals surface area contributed by atoms with E-state index in [4.69, 9.17) is 4.74 Å². The molecule has 3 heteroatoms. The van der Waals surface area contributed by atoms with Gasteiger partial charge in [0.05, 0.1) is 6.10 Å². The highest BCUT2D eigenvalue weighted by molar-refractivity contribution is 5.49. The standard InChI is InChI=1S/C19H29NO2/c1-13(22-5)12-20-10-9-19(4)17-14(7-6-8-15(17)21)11-16(20)18(19,2)3/h6-8,13,16,21H,9-12H2,1-5H3/t13?,16?,19-/m1/s1. The van der Waals surface area contributed by atoms with Crippen molar-refractivity contribution in [3.8, 4) is 5.75 Å². The van der Waals surface area contributed by atoms with Gasteiger partial charge < -0.3 is 9.84 Å². The number of phenolic OH excluding ortho intramolecular Hbond substituents is 1. The van der Waals surface area contributed by atoms with E-state index in [0.717, 1.165) is 25.9 Å². The van der Waals surface area contributed by atoms with E-state index in [-0.39, 0.29) is 16.9 Å². The summed E-state index contributed by atoms with van der Waals surface area (Å²) in [5.74, 6) is 0.477. The van der Waals surface area contributed by atoms with Crippen LogP contribution in [0.4, 0.5) is 0 Å². The van der Waals surface area contributed by atoms with Crippen LogP contribution in [0.3, 0.4) is 0 Å². The number of piperidine rings is 1. The summed E-state index contributed by atoms with van der Waals surface area (Å²) in [6.07, 6.45) is 2.35. The van der Waals surface area contributed by atoms with Crippen molar-refractivity contribution in [1.29, 1.82) is 0 Å². The number of hydrogen-bond acceptors (Lipinski definition) is 3. The summed E-state index contributed by atoms with van der Waals surface area (Å²) < 4.78 is 5.49. The zero-order valence-electron chi connectivity index (χ0n) is 14.5. The van der Waals surface area contributed by atoms with Crippen molar-refractivity contribution in [3.05, 3.63) is 29.3 Å². The van der Waals surface area contributed by atoms with Gasteiger partial charge in [-0.05, 0) is 43.4 Å². The van der Waals surface area contributed by atoms with Crippen LogP contribution >= 0.6 is 0 Å². The molecule has 1 saturated heterocycles. The largest absolute Gasteiger partial charge is 0.508 e. The fourth-order valence-corrected chi connectivity index (χ4v) is 4.73. The maximum absolute atomic E-state index is 10.5. The van der Waals surface area contributed by atoms with Crippen LogP contribution in [0, 0.1) is 5.41 Å². The van der Waals surface area contributed by atoms with Gasteiger partial charge in [-0.15, -0.1) is 0 Å². The van der Waals surface area contributed by atoms with E-state index in [2.05, 4.69) is 38.7 Å². The van der Waals surface area contributed by atoms with Crippen molar-refractivity contribution in [2.75, 3.05) is 20.2 Å². The van der Waals surface area contributed by atoms with Gasteiger partial charge in [-0.3, -0.25) is 4.90 Å². The molecule has 1 aliphatic heterocycles.